The smallest absolute Gasteiger partial charge is 0.255 e. The van der Waals surface area contributed by atoms with Gasteiger partial charge in [0.1, 0.15) is 6.04 Å². The van der Waals surface area contributed by atoms with Crippen molar-refractivity contribution in [3.05, 3.63) is 34.9 Å². The Morgan fingerprint density at radius 2 is 2.12 bits per heavy atom. The number of fused-ring (bicyclic) bond motifs is 1. The number of imide groups is 1. The highest BCUT2D eigenvalue weighted by Crippen LogP contribution is 2.29. The summed E-state index contributed by atoms with van der Waals surface area (Å²) >= 11 is 0. The average Bonchev–Trinajstić information content (AvgIpc) is 2.92. The number of piperidine rings is 1. The van der Waals surface area contributed by atoms with E-state index < -0.39 is 11.9 Å². The van der Waals surface area contributed by atoms with E-state index in [9.17, 15) is 14.4 Å². The zero-order chi connectivity index (χ0) is 17.8. The van der Waals surface area contributed by atoms with Crippen LogP contribution in [-0.2, 0) is 22.7 Å². The van der Waals surface area contributed by atoms with Gasteiger partial charge in [0.2, 0.25) is 11.8 Å². The molecule has 1 unspecified atom stereocenters. The first-order valence-electron chi connectivity index (χ1n) is 8.23. The fourth-order valence-electron chi connectivity index (χ4n) is 3.23. The fourth-order valence-corrected chi connectivity index (χ4v) is 3.23. The van der Waals surface area contributed by atoms with Gasteiger partial charge in [0.15, 0.2) is 0 Å². The highest BCUT2D eigenvalue weighted by atomic mass is 16.2. The third-order valence-corrected chi connectivity index (χ3v) is 4.39. The van der Waals surface area contributed by atoms with E-state index in [0.29, 0.717) is 38.2 Å². The number of carbonyl (C=O) groups excluding carboxylic acids is 3. The molecule has 0 saturated carbocycles. The van der Waals surface area contributed by atoms with Gasteiger partial charge in [-0.2, -0.15) is 0 Å². The number of hydrogen-bond donors (Lipinski definition) is 3. The molecule has 0 bridgehead atoms. The SMILES string of the molecule is NCC#CCNCc1cccc2c1C(=O)N(C1CCC(=O)NC1=O)C2. The third-order valence-electron chi connectivity index (χ3n) is 4.39. The molecule has 3 rings (SSSR count). The van der Waals surface area contributed by atoms with Gasteiger partial charge in [0.05, 0.1) is 13.1 Å². The molecule has 130 valence electrons. The quantitative estimate of drug-likeness (QED) is 0.389. The number of rotatable bonds is 4. The minimum atomic E-state index is -0.589. The Balaban J connectivity index is 1.74. The molecule has 0 aromatic heterocycles. The van der Waals surface area contributed by atoms with Gasteiger partial charge in [-0.15, -0.1) is 0 Å². The summed E-state index contributed by atoms with van der Waals surface area (Å²) in [5, 5.41) is 5.48. The summed E-state index contributed by atoms with van der Waals surface area (Å²) in [6, 6.07) is 5.11. The molecule has 2 aliphatic rings. The van der Waals surface area contributed by atoms with Crippen LogP contribution in [0.5, 0.6) is 0 Å². The minimum absolute atomic E-state index is 0.157. The number of nitrogens with two attached hydrogens (primary N) is 1. The van der Waals surface area contributed by atoms with Gasteiger partial charge in [0, 0.05) is 25.1 Å². The van der Waals surface area contributed by atoms with E-state index in [1.165, 1.54) is 0 Å². The molecule has 7 heteroatoms. The van der Waals surface area contributed by atoms with Crippen molar-refractivity contribution >= 4 is 17.7 Å². The Morgan fingerprint density at radius 3 is 2.88 bits per heavy atom. The second kappa shape index (κ2) is 7.47. The number of nitrogens with zero attached hydrogens (tertiary/aromatic N) is 1. The predicted molar refractivity (Wildman–Crippen MR) is 91.0 cm³/mol. The average molecular weight is 340 g/mol. The zero-order valence-corrected chi connectivity index (χ0v) is 13.8. The minimum Gasteiger partial charge on any atom is -0.322 e. The van der Waals surface area contributed by atoms with E-state index >= 15 is 0 Å². The number of hydrogen-bond acceptors (Lipinski definition) is 5. The molecule has 4 N–H and O–H groups in total. The van der Waals surface area contributed by atoms with Gasteiger partial charge >= 0.3 is 0 Å². The maximum atomic E-state index is 12.9. The summed E-state index contributed by atoms with van der Waals surface area (Å²) in [7, 11) is 0. The van der Waals surface area contributed by atoms with Crippen molar-refractivity contribution in [1.29, 1.82) is 0 Å². The highest BCUT2D eigenvalue weighted by Gasteiger charge is 2.39. The van der Waals surface area contributed by atoms with Crippen LogP contribution in [0.4, 0.5) is 0 Å². The van der Waals surface area contributed by atoms with Crippen LogP contribution < -0.4 is 16.4 Å². The Labute approximate surface area is 145 Å². The van der Waals surface area contributed by atoms with Crippen molar-refractivity contribution in [3.63, 3.8) is 0 Å². The lowest BCUT2D eigenvalue weighted by Crippen LogP contribution is -2.52. The molecule has 0 aliphatic carbocycles. The molecule has 0 spiro atoms. The van der Waals surface area contributed by atoms with Crippen molar-refractivity contribution < 1.29 is 14.4 Å². The highest BCUT2D eigenvalue weighted by molar-refractivity contribution is 6.05. The van der Waals surface area contributed by atoms with E-state index in [2.05, 4.69) is 22.5 Å². The van der Waals surface area contributed by atoms with Crippen molar-refractivity contribution in [2.45, 2.75) is 32.0 Å². The van der Waals surface area contributed by atoms with Crippen LogP contribution in [-0.4, -0.2) is 41.8 Å². The second-order valence-corrected chi connectivity index (χ2v) is 6.01. The summed E-state index contributed by atoms with van der Waals surface area (Å²) in [4.78, 5) is 37.8. The lowest BCUT2D eigenvalue weighted by atomic mass is 10.0. The normalized spacial score (nSPS) is 19.3. The zero-order valence-electron chi connectivity index (χ0n) is 13.8. The molecule has 0 radical (unpaired) electrons. The maximum absolute atomic E-state index is 12.9. The van der Waals surface area contributed by atoms with E-state index in [0.717, 1.165) is 11.1 Å². The van der Waals surface area contributed by atoms with Gasteiger partial charge in [-0.3, -0.25) is 19.7 Å². The number of amides is 3. The first-order valence-corrected chi connectivity index (χ1v) is 8.23. The molecule has 1 atom stereocenters. The predicted octanol–water partition coefficient (Wildman–Crippen LogP) is -0.501. The van der Waals surface area contributed by atoms with Crippen LogP contribution in [0, 0.1) is 11.8 Å². The van der Waals surface area contributed by atoms with E-state index in [1.807, 2.05) is 18.2 Å². The molecule has 1 fully saturated rings. The Bertz CT molecular complexity index is 778. The van der Waals surface area contributed by atoms with Crippen molar-refractivity contribution in [2.75, 3.05) is 13.1 Å². The molecular formula is C18H20N4O3. The van der Waals surface area contributed by atoms with E-state index in [-0.39, 0.29) is 18.2 Å². The second-order valence-electron chi connectivity index (χ2n) is 6.01. The first-order chi connectivity index (χ1) is 12.1. The van der Waals surface area contributed by atoms with Crippen LogP contribution >= 0.6 is 0 Å². The molecule has 2 aliphatic heterocycles. The molecule has 1 aromatic rings. The number of nitrogens with one attached hydrogen (secondary N) is 2. The van der Waals surface area contributed by atoms with E-state index in [1.54, 1.807) is 4.90 Å². The first kappa shape index (κ1) is 17.1. The van der Waals surface area contributed by atoms with Crippen molar-refractivity contribution in [3.8, 4) is 11.8 Å². The Morgan fingerprint density at radius 1 is 1.28 bits per heavy atom. The Kier molecular flexibility index (Phi) is 5.12. The molecule has 1 aromatic carbocycles. The van der Waals surface area contributed by atoms with Gasteiger partial charge in [-0.1, -0.05) is 30.0 Å². The summed E-state index contributed by atoms with van der Waals surface area (Å²) < 4.78 is 0. The summed E-state index contributed by atoms with van der Waals surface area (Å²) in [5.74, 6) is 4.83. The van der Waals surface area contributed by atoms with Crippen LogP contribution in [0.3, 0.4) is 0 Å². The Hall–Kier alpha value is -2.69. The fraction of sp³-hybridized carbons (Fsp3) is 0.389. The van der Waals surface area contributed by atoms with Crippen LogP contribution in [0.1, 0.15) is 34.3 Å². The molecule has 3 amide bonds. The number of benzene rings is 1. The van der Waals surface area contributed by atoms with Crippen LogP contribution in [0.25, 0.3) is 0 Å². The molecule has 1 saturated heterocycles. The summed E-state index contributed by atoms with van der Waals surface area (Å²) in [6.07, 6.45) is 0.622. The van der Waals surface area contributed by atoms with Crippen LogP contribution in [0.2, 0.25) is 0 Å². The molecule has 2 heterocycles. The standard InChI is InChI=1S/C18H20N4O3/c19-8-1-2-9-20-10-12-4-3-5-13-11-22(18(25)16(12)13)14-6-7-15(23)21-17(14)24/h3-5,14,20H,6-11,19H2,(H,21,23,24). The summed E-state index contributed by atoms with van der Waals surface area (Å²) in [6.45, 7) is 1.71. The van der Waals surface area contributed by atoms with Crippen LogP contribution in [0.15, 0.2) is 18.2 Å². The van der Waals surface area contributed by atoms with Gasteiger partial charge in [0.25, 0.3) is 5.91 Å². The molecule has 7 nitrogen and oxygen atoms in total. The van der Waals surface area contributed by atoms with Gasteiger partial charge < -0.3 is 16.0 Å². The monoisotopic (exact) mass is 340 g/mol. The lowest BCUT2D eigenvalue weighted by Gasteiger charge is -2.29. The van der Waals surface area contributed by atoms with E-state index in [4.69, 9.17) is 5.73 Å². The lowest BCUT2D eigenvalue weighted by molar-refractivity contribution is -0.136. The van der Waals surface area contributed by atoms with Crippen molar-refractivity contribution in [2.24, 2.45) is 5.73 Å². The topological polar surface area (TPSA) is 105 Å². The molecule has 25 heavy (non-hydrogen) atoms. The number of carbonyl (C=O) groups is 3. The summed E-state index contributed by atoms with van der Waals surface area (Å²) in [5.41, 5.74) is 7.75. The van der Waals surface area contributed by atoms with Crippen molar-refractivity contribution in [1.82, 2.24) is 15.5 Å². The molecular weight excluding hydrogens is 320 g/mol. The largest absolute Gasteiger partial charge is 0.322 e. The van der Waals surface area contributed by atoms with Gasteiger partial charge in [-0.25, -0.2) is 0 Å². The van der Waals surface area contributed by atoms with Gasteiger partial charge in [-0.05, 0) is 17.5 Å². The maximum Gasteiger partial charge on any atom is 0.255 e. The third kappa shape index (κ3) is 3.55.